The molecule has 2 heterocycles. The molecule has 3 aromatic rings. The number of hydrogen-bond acceptors (Lipinski definition) is 6. The lowest BCUT2D eigenvalue weighted by Gasteiger charge is -2.09. The number of halogens is 1. The van der Waals surface area contributed by atoms with Crippen molar-refractivity contribution in [1.82, 2.24) is 14.5 Å². The number of nitrogen functional groups attached to an aromatic ring is 1. The Morgan fingerprint density at radius 1 is 1.27 bits per heavy atom. The smallest absolute Gasteiger partial charge is 0.338 e. The van der Waals surface area contributed by atoms with E-state index < -0.39 is 0 Å². The van der Waals surface area contributed by atoms with Crippen molar-refractivity contribution in [2.45, 2.75) is 19.9 Å². The first-order chi connectivity index (χ1) is 12.6. The van der Waals surface area contributed by atoms with Crippen LogP contribution in [0, 0.1) is 0 Å². The van der Waals surface area contributed by atoms with Crippen LogP contribution in [0.2, 0.25) is 5.15 Å². The van der Waals surface area contributed by atoms with Gasteiger partial charge in [0.2, 0.25) is 5.95 Å². The van der Waals surface area contributed by atoms with Gasteiger partial charge in [-0.1, -0.05) is 11.6 Å². The van der Waals surface area contributed by atoms with E-state index in [0.29, 0.717) is 17.3 Å². The monoisotopic (exact) mass is 373 g/mol. The minimum absolute atomic E-state index is 0.169. The number of anilines is 2. The average Bonchev–Trinajstić information content (AvgIpc) is 3.02. The molecular weight excluding hydrogens is 354 g/mol. The molecule has 0 unspecified atom stereocenters. The minimum Gasteiger partial charge on any atom is -0.462 e. The number of nitrogens with two attached hydrogens (primary N) is 1. The molecule has 2 aromatic heterocycles. The standard InChI is InChI=1S/C18H20ClN5O2/c1-2-26-17(25)12-4-6-13(7-5-12)21-9-3-10-24-11-8-14-15(19)22-18(20)23-16(14)24/h4-8,11,21H,2-3,9-10H2,1H3,(H2,20,22,23). The van der Waals surface area contributed by atoms with Gasteiger partial charge in [-0.3, -0.25) is 0 Å². The fourth-order valence-corrected chi connectivity index (χ4v) is 2.88. The van der Waals surface area contributed by atoms with Gasteiger partial charge in [-0.25, -0.2) is 9.78 Å². The van der Waals surface area contributed by atoms with E-state index in [-0.39, 0.29) is 11.9 Å². The topological polar surface area (TPSA) is 95.1 Å². The Kier molecular flexibility index (Phi) is 5.58. The van der Waals surface area contributed by atoms with Crippen LogP contribution in [0.5, 0.6) is 0 Å². The number of rotatable bonds is 7. The fraction of sp³-hybridized carbons (Fsp3) is 0.278. The van der Waals surface area contributed by atoms with Crippen molar-refractivity contribution in [3.8, 4) is 0 Å². The second-order valence-corrected chi connectivity index (χ2v) is 6.06. The molecule has 8 heteroatoms. The SMILES string of the molecule is CCOC(=O)c1ccc(NCCCn2ccc3c(Cl)nc(N)nc32)cc1. The predicted octanol–water partition coefficient (Wildman–Crippen LogP) is 3.35. The molecule has 0 atom stereocenters. The van der Waals surface area contributed by atoms with Crippen molar-refractivity contribution < 1.29 is 9.53 Å². The summed E-state index contributed by atoms with van der Waals surface area (Å²) in [7, 11) is 0. The van der Waals surface area contributed by atoms with Crippen LogP contribution in [-0.2, 0) is 11.3 Å². The van der Waals surface area contributed by atoms with Crippen molar-refractivity contribution in [2.75, 3.05) is 24.2 Å². The largest absolute Gasteiger partial charge is 0.462 e. The molecule has 26 heavy (non-hydrogen) atoms. The van der Waals surface area contributed by atoms with Crippen LogP contribution in [0.25, 0.3) is 11.0 Å². The second kappa shape index (κ2) is 8.05. The second-order valence-electron chi connectivity index (χ2n) is 5.70. The van der Waals surface area contributed by atoms with Gasteiger partial charge >= 0.3 is 5.97 Å². The maximum absolute atomic E-state index is 11.6. The molecule has 7 nitrogen and oxygen atoms in total. The molecule has 0 fully saturated rings. The number of ether oxygens (including phenoxy) is 1. The molecule has 0 bridgehead atoms. The number of carbonyl (C=O) groups is 1. The van der Waals surface area contributed by atoms with Crippen molar-refractivity contribution >= 4 is 40.2 Å². The highest BCUT2D eigenvalue weighted by atomic mass is 35.5. The van der Waals surface area contributed by atoms with Crippen LogP contribution >= 0.6 is 11.6 Å². The molecule has 0 aliphatic carbocycles. The predicted molar refractivity (Wildman–Crippen MR) is 102 cm³/mol. The van der Waals surface area contributed by atoms with Crippen LogP contribution in [0.15, 0.2) is 36.5 Å². The van der Waals surface area contributed by atoms with Crippen molar-refractivity contribution in [3.05, 3.63) is 47.2 Å². The number of hydrogen-bond donors (Lipinski definition) is 2. The molecule has 0 radical (unpaired) electrons. The summed E-state index contributed by atoms with van der Waals surface area (Å²) in [6, 6.07) is 9.12. The van der Waals surface area contributed by atoms with Crippen LogP contribution < -0.4 is 11.1 Å². The highest BCUT2D eigenvalue weighted by molar-refractivity contribution is 6.34. The molecule has 1 aromatic carbocycles. The molecule has 0 aliphatic heterocycles. The summed E-state index contributed by atoms with van der Waals surface area (Å²) in [5, 5.41) is 4.49. The van der Waals surface area contributed by atoms with Crippen molar-refractivity contribution in [1.29, 1.82) is 0 Å². The van der Waals surface area contributed by atoms with Gasteiger partial charge in [0, 0.05) is 25.0 Å². The quantitative estimate of drug-likeness (QED) is 0.374. The zero-order chi connectivity index (χ0) is 18.5. The zero-order valence-electron chi connectivity index (χ0n) is 14.4. The number of carbonyl (C=O) groups excluding carboxylic acids is 1. The van der Waals surface area contributed by atoms with E-state index in [0.717, 1.165) is 36.2 Å². The highest BCUT2D eigenvalue weighted by Gasteiger charge is 2.09. The summed E-state index contributed by atoms with van der Waals surface area (Å²) < 4.78 is 6.97. The summed E-state index contributed by atoms with van der Waals surface area (Å²) in [5.74, 6) is -0.138. The summed E-state index contributed by atoms with van der Waals surface area (Å²) in [6.07, 6.45) is 2.81. The van der Waals surface area contributed by atoms with Gasteiger partial charge in [0.15, 0.2) is 0 Å². The van der Waals surface area contributed by atoms with Gasteiger partial charge in [0.05, 0.1) is 17.6 Å². The van der Waals surface area contributed by atoms with Gasteiger partial charge in [-0.2, -0.15) is 4.98 Å². The van der Waals surface area contributed by atoms with Crippen molar-refractivity contribution in [3.63, 3.8) is 0 Å². The van der Waals surface area contributed by atoms with E-state index in [1.54, 1.807) is 19.1 Å². The number of aryl methyl sites for hydroxylation is 1. The lowest BCUT2D eigenvalue weighted by atomic mass is 10.2. The molecular formula is C18H20ClN5O2. The van der Waals surface area contributed by atoms with Crippen LogP contribution in [0.3, 0.4) is 0 Å². The summed E-state index contributed by atoms with van der Waals surface area (Å²) in [4.78, 5) is 19.8. The van der Waals surface area contributed by atoms with Gasteiger partial charge in [0.1, 0.15) is 10.8 Å². The van der Waals surface area contributed by atoms with Gasteiger partial charge in [0.25, 0.3) is 0 Å². The number of fused-ring (bicyclic) bond motifs is 1. The summed E-state index contributed by atoms with van der Waals surface area (Å²) in [5.41, 5.74) is 7.90. The van der Waals surface area contributed by atoms with Gasteiger partial charge < -0.3 is 20.4 Å². The molecule has 136 valence electrons. The molecule has 0 amide bonds. The van der Waals surface area contributed by atoms with Crippen LogP contribution in [0.1, 0.15) is 23.7 Å². The highest BCUT2D eigenvalue weighted by Crippen LogP contribution is 2.22. The third-order valence-electron chi connectivity index (χ3n) is 3.89. The Morgan fingerprint density at radius 2 is 2.04 bits per heavy atom. The third kappa shape index (κ3) is 4.05. The Hall–Kier alpha value is -2.80. The van der Waals surface area contributed by atoms with E-state index in [2.05, 4.69) is 15.3 Å². The number of esters is 1. The molecule has 0 spiro atoms. The number of nitrogens with one attached hydrogen (secondary N) is 1. The summed E-state index contributed by atoms with van der Waals surface area (Å²) in [6.45, 7) is 3.70. The Labute approximate surface area is 156 Å². The van der Waals surface area contributed by atoms with Gasteiger partial charge in [-0.15, -0.1) is 0 Å². The first kappa shape index (κ1) is 18.0. The average molecular weight is 374 g/mol. The van der Waals surface area contributed by atoms with E-state index in [1.165, 1.54) is 0 Å². The first-order valence-electron chi connectivity index (χ1n) is 8.37. The van der Waals surface area contributed by atoms with Crippen LogP contribution in [-0.4, -0.2) is 33.7 Å². The van der Waals surface area contributed by atoms with E-state index in [4.69, 9.17) is 22.1 Å². The number of nitrogens with zero attached hydrogens (tertiary/aromatic N) is 3. The Bertz CT molecular complexity index is 908. The van der Waals surface area contributed by atoms with Crippen molar-refractivity contribution in [2.24, 2.45) is 0 Å². The number of benzene rings is 1. The zero-order valence-corrected chi connectivity index (χ0v) is 15.2. The van der Waals surface area contributed by atoms with Gasteiger partial charge in [-0.05, 0) is 43.7 Å². The van der Waals surface area contributed by atoms with E-state index in [1.807, 2.05) is 29.0 Å². The number of aromatic nitrogens is 3. The Morgan fingerprint density at radius 3 is 2.77 bits per heavy atom. The van der Waals surface area contributed by atoms with Crippen LogP contribution in [0.4, 0.5) is 11.6 Å². The molecule has 0 saturated carbocycles. The molecule has 0 saturated heterocycles. The van der Waals surface area contributed by atoms with E-state index >= 15 is 0 Å². The maximum atomic E-state index is 11.6. The lowest BCUT2D eigenvalue weighted by molar-refractivity contribution is 0.0526. The minimum atomic E-state index is -0.307. The fourth-order valence-electron chi connectivity index (χ4n) is 2.65. The molecule has 0 aliphatic rings. The first-order valence-corrected chi connectivity index (χ1v) is 8.75. The third-order valence-corrected chi connectivity index (χ3v) is 4.18. The normalized spacial score (nSPS) is 10.8. The summed E-state index contributed by atoms with van der Waals surface area (Å²) >= 11 is 6.08. The molecule has 3 rings (SSSR count). The Balaban J connectivity index is 1.54. The van der Waals surface area contributed by atoms with E-state index in [9.17, 15) is 4.79 Å². The maximum Gasteiger partial charge on any atom is 0.338 e. The molecule has 3 N–H and O–H groups in total. The lowest BCUT2D eigenvalue weighted by Crippen LogP contribution is -2.08.